The first-order chi connectivity index (χ1) is 6.38. The minimum atomic E-state index is -1.29. The fraction of sp³-hybridized carbons (Fsp3) is 1.00. The third-order valence-electron chi connectivity index (χ3n) is 3.43. The van der Waals surface area contributed by atoms with Crippen LogP contribution < -0.4 is 0 Å². The van der Waals surface area contributed by atoms with Crippen molar-refractivity contribution in [2.45, 2.75) is 44.8 Å². The molecule has 2 rings (SSSR count). The molecule has 0 aromatic heterocycles. The summed E-state index contributed by atoms with van der Waals surface area (Å²) in [5.41, 5.74) is -0.205. The van der Waals surface area contributed by atoms with Gasteiger partial charge in [0.1, 0.15) is 6.17 Å². The molecule has 2 heterocycles. The summed E-state index contributed by atoms with van der Waals surface area (Å²) in [6, 6.07) is 0. The smallest absolute Gasteiger partial charge is 0.115 e. The molecule has 12 heavy (non-hydrogen) atoms. The molecule has 2 atom stereocenters. The molecule has 2 fully saturated rings. The highest BCUT2D eigenvalue weighted by Crippen LogP contribution is 2.44. The number of halogens is 1. The van der Waals surface area contributed by atoms with Crippen molar-refractivity contribution in [3.05, 3.63) is 0 Å². The molecule has 0 bridgehead atoms. The van der Waals surface area contributed by atoms with Crippen LogP contribution in [-0.2, 0) is 0 Å². The molecule has 2 heteroatoms. The van der Waals surface area contributed by atoms with Crippen LogP contribution in [0.2, 0.25) is 0 Å². The van der Waals surface area contributed by atoms with Gasteiger partial charge in [0, 0.05) is 14.8 Å². The quantitative estimate of drug-likeness (QED) is 0.587. The Kier molecular flexibility index (Phi) is 1.43. The van der Waals surface area contributed by atoms with Gasteiger partial charge in [0.15, 0.2) is 0 Å². The van der Waals surface area contributed by atoms with Crippen LogP contribution >= 0.6 is 0 Å². The molecule has 2 aliphatic rings. The van der Waals surface area contributed by atoms with Gasteiger partial charge in [0.2, 0.25) is 0 Å². The number of nitrogens with zero attached hydrogens (tertiary/aromatic N) is 1. The van der Waals surface area contributed by atoms with Gasteiger partial charge in [0.05, 0.1) is 0 Å². The highest BCUT2D eigenvalue weighted by Gasteiger charge is 2.50. The molecule has 2 aliphatic heterocycles. The second-order valence-electron chi connectivity index (χ2n) is 4.33. The molecule has 0 aliphatic carbocycles. The summed E-state index contributed by atoms with van der Waals surface area (Å²) in [5, 5.41) is 0. The average Bonchev–Trinajstić information content (AvgIpc) is 2.50. The van der Waals surface area contributed by atoms with E-state index in [0.29, 0.717) is 18.8 Å². The maximum Gasteiger partial charge on any atom is 0.115 e. The molecule has 2 saturated heterocycles. The molecule has 0 spiro atoms. The molecule has 0 saturated carbocycles. The molecule has 1 nitrogen and oxygen atoms in total. The monoisotopic (exact) mass is 173 g/mol. The minimum Gasteiger partial charge on any atom is -0.294 e. The summed E-state index contributed by atoms with van der Waals surface area (Å²) in [5.74, 6) is 0.334. The summed E-state index contributed by atoms with van der Waals surface area (Å²) >= 11 is 0. The van der Waals surface area contributed by atoms with Crippen LogP contribution in [0.1, 0.15) is 35.9 Å². The predicted molar refractivity (Wildman–Crippen MR) is 47.9 cm³/mol. The molecule has 0 amide bonds. The number of rotatable bonds is 1. The number of fused-ring (bicyclic) bond motifs is 1. The van der Waals surface area contributed by atoms with Crippen LogP contribution in [0.4, 0.5) is 4.39 Å². The maximum absolute atomic E-state index is 13.4. The average molecular weight is 173 g/mol. The van der Waals surface area contributed by atoms with E-state index < -0.39 is 12.7 Å². The van der Waals surface area contributed by atoms with Crippen LogP contribution in [0.5, 0.6) is 0 Å². The zero-order chi connectivity index (χ0) is 10.6. The van der Waals surface area contributed by atoms with Crippen molar-refractivity contribution in [1.82, 2.24) is 4.90 Å². The van der Waals surface area contributed by atoms with E-state index in [0.717, 1.165) is 6.42 Å². The van der Waals surface area contributed by atoms with Crippen LogP contribution in [0.25, 0.3) is 0 Å². The van der Waals surface area contributed by atoms with Gasteiger partial charge in [0.25, 0.3) is 0 Å². The summed E-state index contributed by atoms with van der Waals surface area (Å²) in [6.45, 7) is 3.15. The van der Waals surface area contributed by atoms with E-state index in [2.05, 4.69) is 13.8 Å². The predicted octanol–water partition coefficient (Wildman–Crippen LogP) is 2.22. The Labute approximate surface area is 76.7 Å². The van der Waals surface area contributed by atoms with Gasteiger partial charge < -0.3 is 0 Å². The summed E-state index contributed by atoms with van der Waals surface area (Å²) < 4.78 is 29.1. The molecule has 0 aromatic carbocycles. The van der Waals surface area contributed by atoms with Gasteiger partial charge >= 0.3 is 0 Å². The van der Waals surface area contributed by atoms with Crippen molar-refractivity contribution in [2.75, 3.05) is 13.0 Å². The van der Waals surface area contributed by atoms with Crippen LogP contribution in [0.3, 0.4) is 0 Å². The first-order valence-electron chi connectivity index (χ1n) is 5.80. The topological polar surface area (TPSA) is 3.24 Å². The molecule has 0 N–H and O–H groups in total. The van der Waals surface area contributed by atoms with Gasteiger partial charge in [-0.05, 0) is 31.7 Å². The zero-order valence-electron chi connectivity index (χ0n) is 9.81. The summed E-state index contributed by atoms with van der Waals surface area (Å²) in [7, 11) is 0. The van der Waals surface area contributed by atoms with Crippen LogP contribution in [-0.4, -0.2) is 29.7 Å². The fourth-order valence-corrected chi connectivity index (χ4v) is 2.64. The van der Waals surface area contributed by atoms with Crippen molar-refractivity contribution in [2.24, 2.45) is 5.92 Å². The Balaban J connectivity index is 2.31. The SMILES string of the molecule is [2H]C1([2H])CC[C@@]2(C(C)C)C[C@@H](F)CN12. The van der Waals surface area contributed by atoms with E-state index in [4.69, 9.17) is 2.74 Å². The van der Waals surface area contributed by atoms with Gasteiger partial charge in [-0.15, -0.1) is 0 Å². The van der Waals surface area contributed by atoms with Gasteiger partial charge in [-0.2, -0.15) is 0 Å². The third kappa shape index (κ3) is 1.00. The van der Waals surface area contributed by atoms with Crippen molar-refractivity contribution < 1.29 is 7.13 Å². The molecular formula is C10H18FN. The lowest BCUT2D eigenvalue weighted by atomic mass is 9.82. The minimum absolute atomic E-state index is 0.205. The Morgan fingerprint density at radius 3 is 3.00 bits per heavy atom. The zero-order valence-corrected chi connectivity index (χ0v) is 7.81. The largest absolute Gasteiger partial charge is 0.294 e. The first kappa shape index (κ1) is 6.36. The third-order valence-corrected chi connectivity index (χ3v) is 3.43. The maximum atomic E-state index is 13.4. The van der Waals surface area contributed by atoms with Crippen molar-refractivity contribution in [1.29, 1.82) is 0 Å². The Hall–Kier alpha value is -0.110. The van der Waals surface area contributed by atoms with Crippen LogP contribution in [0, 0.1) is 5.92 Å². The molecular weight excluding hydrogens is 153 g/mol. The number of hydrogen-bond donors (Lipinski definition) is 0. The normalized spacial score (nSPS) is 49.2. The number of hydrogen-bond acceptors (Lipinski definition) is 1. The fourth-order valence-electron chi connectivity index (χ4n) is 2.64. The second-order valence-corrected chi connectivity index (χ2v) is 4.33. The Morgan fingerprint density at radius 2 is 2.42 bits per heavy atom. The van der Waals surface area contributed by atoms with E-state index in [-0.39, 0.29) is 12.1 Å². The van der Waals surface area contributed by atoms with Gasteiger partial charge in [-0.1, -0.05) is 13.8 Å². The van der Waals surface area contributed by atoms with E-state index in [1.807, 2.05) is 0 Å². The van der Waals surface area contributed by atoms with Gasteiger partial charge in [-0.3, -0.25) is 4.90 Å². The van der Waals surface area contributed by atoms with E-state index in [1.54, 1.807) is 4.90 Å². The van der Waals surface area contributed by atoms with E-state index in [9.17, 15) is 4.39 Å². The molecule has 0 aromatic rings. The molecule has 0 unspecified atom stereocenters. The van der Waals surface area contributed by atoms with Crippen molar-refractivity contribution in [3.63, 3.8) is 0 Å². The first-order valence-corrected chi connectivity index (χ1v) is 4.80. The lowest BCUT2D eigenvalue weighted by Crippen LogP contribution is -2.42. The van der Waals surface area contributed by atoms with Gasteiger partial charge in [-0.25, -0.2) is 4.39 Å². The summed E-state index contributed by atoms with van der Waals surface area (Å²) in [4.78, 5) is 1.77. The lowest BCUT2D eigenvalue weighted by molar-refractivity contribution is 0.136. The highest BCUT2D eigenvalue weighted by atomic mass is 19.1. The molecule has 0 radical (unpaired) electrons. The standard InChI is InChI=1S/C10H18FN/c1-8(2)10-4-3-5-12(10)7-9(11)6-10/h8-9H,3-7H2,1-2H3/t9-,10+/m1/s1/i5D2. The number of alkyl halides is 1. The van der Waals surface area contributed by atoms with Crippen LogP contribution in [0.15, 0.2) is 0 Å². The van der Waals surface area contributed by atoms with E-state index in [1.165, 1.54) is 0 Å². The highest BCUT2D eigenvalue weighted by molar-refractivity contribution is 5.05. The van der Waals surface area contributed by atoms with E-state index >= 15 is 0 Å². The summed E-state index contributed by atoms with van der Waals surface area (Å²) in [6.07, 6.45) is 1.04. The molecule has 70 valence electrons. The Bertz CT molecular complexity index is 244. The second kappa shape index (κ2) is 2.69. The van der Waals surface area contributed by atoms with Crippen molar-refractivity contribution >= 4 is 0 Å². The lowest BCUT2D eigenvalue weighted by Gasteiger charge is -2.35. The van der Waals surface area contributed by atoms with Crippen molar-refractivity contribution in [3.8, 4) is 0 Å². The Morgan fingerprint density at radius 1 is 1.67 bits per heavy atom.